The van der Waals surface area contributed by atoms with Gasteiger partial charge in [-0.15, -0.1) is 0 Å². The second kappa shape index (κ2) is 8.59. The Kier molecular flexibility index (Phi) is 5.73. The lowest BCUT2D eigenvalue weighted by Gasteiger charge is -2.24. The zero-order chi connectivity index (χ0) is 24.0. The Balaban J connectivity index is 1.31. The molecule has 9 nitrogen and oxygen atoms in total. The first-order valence-electron chi connectivity index (χ1n) is 11.4. The molecule has 180 valence electrons. The van der Waals surface area contributed by atoms with Gasteiger partial charge < -0.3 is 19.7 Å². The predicted molar refractivity (Wildman–Crippen MR) is 124 cm³/mol. The van der Waals surface area contributed by atoms with Gasteiger partial charge in [-0.3, -0.25) is 9.59 Å². The van der Waals surface area contributed by atoms with Gasteiger partial charge in [-0.05, 0) is 67.6 Å². The number of amides is 2. The average Bonchev–Trinajstić information content (AvgIpc) is 3.53. The molecule has 3 heterocycles. The molecular formula is C24H27N3O6S. The summed E-state index contributed by atoms with van der Waals surface area (Å²) in [4.78, 5) is 26.8. The molecule has 2 aromatic rings. The number of carbonyl (C=O) groups excluding carboxylic acids is 2. The first kappa shape index (κ1) is 22.7. The highest BCUT2D eigenvalue weighted by Crippen LogP contribution is 2.36. The summed E-state index contributed by atoms with van der Waals surface area (Å²) in [5.41, 5.74) is 2.41. The average molecular weight is 486 g/mol. The van der Waals surface area contributed by atoms with Crippen LogP contribution >= 0.6 is 0 Å². The quantitative estimate of drug-likeness (QED) is 0.696. The summed E-state index contributed by atoms with van der Waals surface area (Å²) < 4.78 is 38.9. The molecule has 1 fully saturated rings. The van der Waals surface area contributed by atoms with Crippen LogP contribution in [-0.2, 0) is 32.6 Å². The Labute approximate surface area is 198 Å². The van der Waals surface area contributed by atoms with Crippen molar-refractivity contribution in [1.82, 2.24) is 9.62 Å². The predicted octanol–water partition coefficient (Wildman–Crippen LogP) is 2.18. The second-order valence-corrected chi connectivity index (χ2v) is 10.8. The maximum absolute atomic E-state index is 13.5. The van der Waals surface area contributed by atoms with Gasteiger partial charge in [0.2, 0.25) is 28.6 Å². The van der Waals surface area contributed by atoms with E-state index >= 15 is 0 Å². The van der Waals surface area contributed by atoms with Crippen molar-refractivity contribution in [1.29, 1.82) is 0 Å². The van der Waals surface area contributed by atoms with Crippen molar-refractivity contribution in [2.75, 3.05) is 18.2 Å². The van der Waals surface area contributed by atoms with Crippen molar-refractivity contribution in [3.63, 3.8) is 0 Å². The number of carbonyl (C=O) groups is 2. The molecule has 34 heavy (non-hydrogen) atoms. The van der Waals surface area contributed by atoms with Gasteiger partial charge in [0, 0.05) is 31.7 Å². The topological polar surface area (TPSA) is 105 Å². The van der Waals surface area contributed by atoms with Crippen molar-refractivity contribution in [3.8, 4) is 11.5 Å². The van der Waals surface area contributed by atoms with Crippen LogP contribution in [0.3, 0.4) is 0 Å². The number of nitrogens with one attached hydrogen (secondary N) is 1. The normalized spacial score (nSPS) is 21.5. The van der Waals surface area contributed by atoms with E-state index in [-0.39, 0.29) is 42.6 Å². The number of fused-ring (bicyclic) bond motifs is 2. The van der Waals surface area contributed by atoms with Crippen LogP contribution < -0.4 is 19.7 Å². The third-order valence-electron chi connectivity index (χ3n) is 6.62. The zero-order valence-corrected chi connectivity index (χ0v) is 19.9. The van der Waals surface area contributed by atoms with Gasteiger partial charge in [0.1, 0.15) is 6.04 Å². The van der Waals surface area contributed by atoms with Crippen LogP contribution in [0.5, 0.6) is 11.5 Å². The van der Waals surface area contributed by atoms with Crippen LogP contribution in [0.2, 0.25) is 0 Å². The monoisotopic (exact) mass is 485 g/mol. The summed E-state index contributed by atoms with van der Waals surface area (Å²) in [6.45, 7) is 4.17. The first-order chi connectivity index (χ1) is 16.3. The number of benzene rings is 2. The number of ether oxygens (including phenoxy) is 2. The molecule has 2 aromatic carbocycles. The largest absolute Gasteiger partial charge is 0.454 e. The molecule has 0 aromatic heterocycles. The van der Waals surface area contributed by atoms with Crippen molar-refractivity contribution < 1.29 is 27.5 Å². The molecule has 3 aliphatic heterocycles. The molecule has 1 N–H and O–H groups in total. The van der Waals surface area contributed by atoms with Gasteiger partial charge in [0.15, 0.2) is 11.5 Å². The summed E-state index contributed by atoms with van der Waals surface area (Å²) in [7, 11) is -3.87. The molecule has 2 atom stereocenters. The molecule has 0 saturated carbocycles. The molecule has 0 radical (unpaired) electrons. The van der Waals surface area contributed by atoms with Crippen LogP contribution in [0.1, 0.15) is 37.8 Å². The standard InChI is InChI=1S/C24H27N3O6S/c1-15-10-18-12-19(6-7-20(18)27(15)16(2)28)34(30,31)26-9-3-4-21(26)24(29)25-13-17-5-8-22-23(11-17)33-14-32-22/h5-8,11-12,15,21H,3-4,9-10,13-14H2,1-2H3,(H,25,29)/t15-,21-/m1/s1. The van der Waals surface area contributed by atoms with Gasteiger partial charge in [0.25, 0.3) is 0 Å². The molecule has 2 amide bonds. The van der Waals surface area contributed by atoms with Crippen LogP contribution in [0.4, 0.5) is 5.69 Å². The maximum Gasteiger partial charge on any atom is 0.243 e. The first-order valence-corrected chi connectivity index (χ1v) is 12.8. The molecule has 0 spiro atoms. The van der Waals surface area contributed by atoms with E-state index < -0.39 is 16.1 Å². The highest BCUT2D eigenvalue weighted by Gasteiger charge is 2.40. The van der Waals surface area contributed by atoms with Crippen molar-refractivity contribution >= 4 is 27.5 Å². The Morgan fingerprint density at radius 2 is 1.91 bits per heavy atom. The summed E-state index contributed by atoms with van der Waals surface area (Å²) in [6.07, 6.45) is 1.67. The minimum Gasteiger partial charge on any atom is -0.454 e. The molecular weight excluding hydrogens is 458 g/mol. The summed E-state index contributed by atoms with van der Waals surface area (Å²) >= 11 is 0. The summed E-state index contributed by atoms with van der Waals surface area (Å²) in [5, 5.41) is 2.87. The molecule has 5 rings (SSSR count). The van der Waals surface area contributed by atoms with Crippen LogP contribution in [0, 0.1) is 0 Å². The number of sulfonamides is 1. The number of nitrogens with zero attached hydrogens (tertiary/aromatic N) is 2. The fourth-order valence-corrected chi connectivity index (χ4v) is 6.74. The van der Waals surface area contributed by atoms with Gasteiger partial charge in [-0.25, -0.2) is 8.42 Å². The lowest BCUT2D eigenvalue weighted by molar-refractivity contribution is -0.124. The fourth-order valence-electron chi connectivity index (χ4n) is 5.03. The molecule has 0 bridgehead atoms. The van der Waals surface area contributed by atoms with E-state index in [0.29, 0.717) is 30.8 Å². The van der Waals surface area contributed by atoms with Crippen LogP contribution in [0.15, 0.2) is 41.3 Å². The Morgan fingerprint density at radius 3 is 2.71 bits per heavy atom. The minimum absolute atomic E-state index is 0.0213. The van der Waals surface area contributed by atoms with E-state index in [0.717, 1.165) is 16.8 Å². The molecule has 0 unspecified atom stereocenters. The SMILES string of the molecule is CC(=O)N1c2ccc(S(=O)(=O)N3CCC[C@@H]3C(=O)NCc3ccc4c(c3)OCO4)cc2C[C@H]1C. The Morgan fingerprint density at radius 1 is 1.12 bits per heavy atom. The van der Waals surface area contributed by atoms with Gasteiger partial charge >= 0.3 is 0 Å². The number of hydrogen-bond donors (Lipinski definition) is 1. The molecule has 1 saturated heterocycles. The van der Waals surface area contributed by atoms with Gasteiger partial charge in [-0.1, -0.05) is 6.07 Å². The fraction of sp³-hybridized carbons (Fsp3) is 0.417. The van der Waals surface area contributed by atoms with E-state index in [1.807, 2.05) is 19.1 Å². The lowest BCUT2D eigenvalue weighted by Crippen LogP contribution is -2.45. The van der Waals surface area contributed by atoms with E-state index in [9.17, 15) is 18.0 Å². The van der Waals surface area contributed by atoms with Crippen LogP contribution in [0.25, 0.3) is 0 Å². The van der Waals surface area contributed by atoms with E-state index in [2.05, 4.69) is 5.32 Å². The number of rotatable bonds is 5. The number of hydrogen-bond acceptors (Lipinski definition) is 6. The summed E-state index contributed by atoms with van der Waals surface area (Å²) in [6, 6.07) is 9.52. The van der Waals surface area contributed by atoms with Crippen molar-refractivity contribution in [3.05, 3.63) is 47.5 Å². The maximum atomic E-state index is 13.5. The number of anilines is 1. The lowest BCUT2D eigenvalue weighted by atomic mass is 10.1. The highest BCUT2D eigenvalue weighted by molar-refractivity contribution is 7.89. The minimum atomic E-state index is -3.87. The summed E-state index contributed by atoms with van der Waals surface area (Å²) in [5.74, 6) is 0.904. The smallest absolute Gasteiger partial charge is 0.243 e. The third-order valence-corrected chi connectivity index (χ3v) is 8.53. The zero-order valence-electron chi connectivity index (χ0n) is 19.1. The van der Waals surface area contributed by atoms with E-state index in [1.54, 1.807) is 23.1 Å². The third kappa shape index (κ3) is 3.90. The molecule has 0 aliphatic carbocycles. The van der Waals surface area contributed by atoms with E-state index in [1.165, 1.54) is 17.3 Å². The van der Waals surface area contributed by atoms with Gasteiger partial charge in [-0.2, -0.15) is 4.31 Å². The second-order valence-electron chi connectivity index (χ2n) is 8.91. The molecule has 10 heteroatoms. The molecule has 3 aliphatic rings. The van der Waals surface area contributed by atoms with Gasteiger partial charge in [0.05, 0.1) is 4.90 Å². The van der Waals surface area contributed by atoms with Crippen molar-refractivity contribution in [2.45, 2.75) is 56.6 Å². The van der Waals surface area contributed by atoms with Crippen LogP contribution in [-0.4, -0.2) is 50.0 Å². The Hall–Kier alpha value is -3.11. The highest BCUT2D eigenvalue weighted by atomic mass is 32.2. The van der Waals surface area contributed by atoms with Crippen molar-refractivity contribution in [2.24, 2.45) is 0 Å². The Bertz CT molecular complexity index is 1260. The van der Waals surface area contributed by atoms with E-state index in [4.69, 9.17) is 9.47 Å².